The molecule has 17 heavy (non-hydrogen) atoms. The summed E-state index contributed by atoms with van der Waals surface area (Å²) in [4.78, 5) is 13.0. The quantitative estimate of drug-likeness (QED) is 0.846. The number of aryl methyl sites for hydroxylation is 1. The molecule has 94 valence electrons. The van der Waals surface area contributed by atoms with Crippen LogP contribution in [-0.4, -0.2) is 31.4 Å². The van der Waals surface area contributed by atoms with Crippen LogP contribution in [0.3, 0.4) is 0 Å². The second-order valence-electron chi connectivity index (χ2n) is 4.62. The predicted octanol–water partition coefficient (Wildman–Crippen LogP) is 2.12. The van der Waals surface area contributed by atoms with Crippen LogP contribution < -0.4 is 5.32 Å². The number of carbonyl (C=O) groups excluding carboxylic acids is 1. The van der Waals surface area contributed by atoms with Gasteiger partial charge in [0.05, 0.1) is 0 Å². The molecule has 3 nitrogen and oxygen atoms in total. The molecule has 1 rings (SSSR count). The van der Waals surface area contributed by atoms with E-state index >= 15 is 0 Å². The van der Waals surface area contributed by atoms with Crippen LogP contribution in [0.1, 0.15) is 30.5 Å². The van der Waals surface area contributed by atoms with Crippen LogP contribution in [0.4, 0.5) is 0 Å². The van der Waals surface area contributed by atoms with Gasteiger partial charge in [-0.05, 0) is 19.4 Å². The molecule has 0 radical (unpaired) electrons. The highest BCUT2D eigenvalue weighted by molar-refractivity contribution is 5.75. The maximum absolute atomic E-state index is 11.4. The van der Waals surface area contributed by atoms with Crippen molar-refractivity contribution in [2.75, 3.05) is 20.6 Å². The van der Waals surface area contributed by atoms with Gasteiger partial charge >= 0.3 is 0 Å². The largest absolute Gasteiger partial charge is 0.349 e. The summed E-state index contributed by atoms with van der Waals surface area (Å²) < 4.78 is 0. The Hall–Kier alpha value is -1.35. The third-order valence-corrected chi connectivity index (χ3v) is 2.87. The topological polar surface area (TPSA) is 32.3 Å². The molecule has 0 aliphatic carbocycles. The Labute approximate surface area is 104 Å². The van der Waals surface area contributed by atoms with Crippen LogP contribution in [0.2, 0.25) is 0 Å². The number of nitrogens with one attached hydrogen (secondary N) is 1. The van der Waals surface area contributed by atoms with E-state index in [4.69, 9.17) is 0 Å². The first-order valence-electron chi connectivity index (χ1n) is 6.01. The Morgan fingerprint density at radius 2 is 1.88 bits per heavy atom. The smallest absolute Gasteiger partial charge is 0.223 e. The Bertz CT molecular complexity index is 357. The van der Waals surface area contributed by atoms with Gasteiger partial charge in [0, 0.05) is 33.1 Å². The van der Waals surface area contributed by atoms with E-state index in [1.807, 2.05) is 0 Å². The van der Waals surface area contributed by atoms with Gasteiger partial charge in [0.2, 0.25) is 5.91 Å². The lowest BCUT2D eigenvalue weighted by atomic mass is 10.1. The lowest BCUT2D eigenvalue weighted by Crippen LogP contribution is -2.28. The highest BCUT2D eigenvalue weighted by Gasteiger charge is 2.07. The maximum Gasteiger partial charge on any atom is 0.223 e. The van der Waals surface area contributed by atoms with Gasteiger partial charge in [0.1, 0.15) is 0 Å². The number of rotatable bonds is 5. The fourth-order valence-electron chi connectivity index (χ4n) is 1.59. The second-order valence-corrected chi connectivity index (χ2v) is 4.62. The monoisotopic (exact) mass is 234 g/mol. The summed E-state index contributed by atoms with van der Waals surface area (Å²) in [6.07, 6.45) is 0.545. The minimum atomic E-state index is 0.161. The molecule has 0 saturated heterocycles. The Morgan fingerprint density at radius 1 is 1.29 bits per heavy atom. The zero-order valence-corrected chi connectivity index (χ0v) is 11.2. The van der Waals surface area contributed by atoms with Crippen molar-refractivity contribution in [3.05, 3.63) is 35.4 Å². The molecule has 1 amide bonds. The van der Waals surface area contributed by atoms with E-state index in [1.54, 1.807) is 19.0 Å². The molecule has 1 N–H and O–H groups in total. The van der Waals surface area contributed by atoms with Crippen LogP contribution in [0.15, 0.2) is 24.3 Å². The zero-order chi connectivity index (χ0) is 12.8. The molecule has 0 heterocycles. The molecule has 1 aromatic carbocycles. The first-order chi connectivity index (χ1) is 8.00. The highest BCUT2D eigenvalue weighted by Crippen LogP contribution is 2.12. The predicted molar refractivity (Wildman–Crippen MR) is 70.9 cm³/mol. The molecule has 0 aliphatic heterocycles. The maximum atomic E-state index is 11.4. The van der Waals surface area contributed by atoms with E-state index in [-0.39, 0.29) is 11.9 Å². The van der Waals surface area contributed by atoms with Gasteiger partial charge in [-0.3, -0.25) is 4.79 Å². The number of hydrogen-bond acceptors (Lipinski definition) is 2. The third-order valence-electron chi connectivity index (χ3n) is 2.87. The third kappa shape index (κ3) is 4.57. The van der Waals surface area contributed by atoms with Gasteiger partial charge < -0.3 is 10.2 Å². The summed E-state index contributed by atoms with van der Waals surface area (Å²) >= 11 is 0. The van der Waals surface area contributed by atoms with Crippen LogP contribution in [-0.2, 0) is 4.79 Å². The van der Waals surface area contributed by atoms with Gasteiger partial charge in [0.15, 0.2) is 0 Å². The van der Waals surface area contributed by atoms with Gasteiger partial charge in [0.25, 0.3) is 0 Å². The molecule has 0 spiro atoms. The summed E-state index contributed by atoms with van der Waals surface area (Å²) in [5.41, 5.74) is 2.52. The van der Waals surface area contributed by atoms with Crippen molar-refractivity contribution in [1.29, 1.82) is 0 Å². The molecular formula is C14H22N2O. The minimum Gasteiger partial charge on any atom is -0.349 e. The Kier molecular flexibility index (Phi) is 5.16. The summed E-state index contributed by atoms with van der Waals surface area (Å²) in [6.45, 7) is 4.91. The summed E-state index contributed by atoms with van der Waals surface area (Å²) in [5, 5.41) is 3.36. The molecule has 0 unspecified atom stereocenters. The summed E-state index contributed by atoms with van der Waals surface area (Å²) in [7, 11) is 3.57. The molecular weight excluding hydrogens is 212 g/mol. The molecule has 3 heteroatoms. The van der Waals surface area contributed by atoms with Crippen molar-refractivity contribution in [3.63, 3.8) is 0 Å². The fraction of sp³-hybridized carbons (Fsp3) is 0.500. The van der Waals surface area contributed by atoms with Crippen molar-refractivity contribution in [1.82, 2.24) is 10.2 Å². The van der Waals surface area contributed by atoms with E-state index < -0.39 is 0 Å². The standard InChI is InChI=1S/C14H22N2O/c1-11-5-7-13(8-6-11)12(2)15-10-9-14(17)16(3)4/h5-8,12,15H,9-10H2,1-4H3/t12-/m0/s1. The number of benzene rings is 1. The molecule has 0 aliphatic rings. The number of nitrogens with zero attached hydrogens (tertiary/aromatic N) is 1. The Balaban J connectivity index is 2.37. The van der Waals surface area contributed by atoms with Crippen molar-refractivity contribution in [2.45, 2.75) is 26.3 Å². The van der Waals surface area contributed by atoms with E-state index in [1.165, 1.54) is 11.1 Å². The second kappa shape index (κ2) is 6.40. The number of amides is 1. The van der Waals surface area contributed by atoms with Gasteiger partial charge in [-0.2, -0.15) is 0 Å². The average Bonchev–Trinajstić information content (AvgIpc) is 2.29. The van der Waals surface area contributed by atoms with Crippen LogP contribution in [0.5, 0.6) is 0 Å². The molecule has 0 bridgehead atoms. The average molecular weight is 234 g/mol. The Morgan fingerprint density at radius 3 is 2.41 bits per heavy atom. The normalized spacial score (nSPS) is 12.2. The lowest BCUT2D eigenvalue weighted by molar-refractivity contribution is -0.128. The SMILES string of the molecule is Cc1ccc([C@H](C)NCCC(=O)N(C)C)cc1. The van der Waals surface area contributed by atoms with E-state index in [9.17, 15) is 4.79 Å². The van der Waals surface area contributed by atoms with Crippen molar-refractivity contribution < 1.29 is 4.79 Å². The van der Waals surface area contributed by atoms with Crippen LogP contribution in [0, 0.1) is 6.92 Å². The van der Waals surface area contributed by atoms with Crippen LogP contribution >= 0.6 is 0 Å². The van der Waals surface area contributed by atoms with Gasteiger partial charge in [-0.1, -0.05) is 29.8 Å². The molecule has 1 atom stereocenters. The minimum absolute atomic E-state index is 0.161. The number of hydrogen-bond donors (Lipinski definition) is 1. The molecule has 0 saturated carbocycles. The van der Waals surface area contributed by atoms with E-state index in [0.29, 0.717) is 13.0 Å². The molecule has 0 aromatic heterocycles. The van der Waals surface area contributed by atoms with Gasteiger partial charge in [-0.25, -0.2) is 0 Å². The van der Waals surface area contributed by atoms with Crippen molar-refractivity contribution in [3.8, 4) is 0 Å². The lowest BCUT2D eigenvalue weighted by Gasteiger charge is -2.15. The fourth-order valence-corrected chi connectivity index (χ4v) is 1.59. The molecule has 1 aromatic rings. The first kappa shape index (κ1) is 13.7. The van der Waals surface area contributed by atoms with Crippen molar-refractivity contribution in [2.24, 2.45) is 0 Å². The van der Waals surface area contributed by atoms with Crippen molar-refractivity contribution >= 4 is 5.91 Å². The summed E-state index contributed by atoms with van der Waals surface area (Å²) in [5.74, 6) is 0.161. The van der Waals surface area contributed by atoms with Gasteiger partial charge in [-0.15, -0.1) is 0 Å². The zero-order valence-electron chi connectivity index (χ0n) is 11.2. The number of carbonyl (C=O) groups is 1. The highest BCUT2D eigenvalue weighted by atomic mass is 16.2. The van der Waals surface area contributed by atoms with E-state index in [2.05, 4.69) is 43.4 Å². The molecule has 0 fully saturated rings. The van der Waals surface area contributed by atoms with Crippen LogP contribution in [0.25, 0.3) is 0 Å². The first-order valence-corrected chi connectivity index (χ1v) is 6.01. The van der Waals surface area contributed by atoms with E-state index in [0.717, 1.165) is 0 Å². The summed E-state index contributed by atoms with van der Waals surface area (Å²) in [6, 6.07) is 8.75.